The predicted octanol–water partition coefficient (Wildman–Crippen LogP) is 0.383. The van der Waals surface area contributed by atoms with E-state index in [1.54, 1.807) is 17.0 Å². The van der Waals surface area contributed by atoms with Crippen molar-refractivity contribution in [1.82, 2.24) is 15.5 Å². The lowest BCUT2D eigenvalue weighted by Gasteiger charge is -2.20. The van der Waals surface area contributed by atoms with E-state index in [2.05, 4.69) is 10.6 Å². The molecule has 0 bridgehead atoms. The molecule has 0 radical (unpaired) electrons. The van der Waals surface area contributed by atoms with Gasteiger partial charge < -0.3 is 20.0 Å². The van der Waals surface area contributed by atoms with Crippen LogP contribution in [0.4, 0.5) is 0 Å². The van der Waals surface area contributed by atoms with Crippen LogP contribution in [-0.4, -0.2) is 48.3 Å². The van der Waals surface area contributed by atoms with Gasteiger partial charge in [0.2, 0.25) is 11.8 Å². The number of amides is 3. The summed E-state index contributed by atoms with van der Waals surface area (Å²) in [7, 11) is 0. The number of furan rings is 1. The second-order valence-corrected chi connectivity index (χ2v) is 5.57. The third-order valence-electron chi connectivity index (χ3n) is 3.61. The summed E-state index contributed by atoms with van der Waals surface area (Å²) in [5.74, 6) is -0.526. The Morgan fingerprint density at radius 3 is 2.68 bits per heavy atom. The smallest absolute Gasteiger partial charge is 0.287 e. The molecule has 0 saturated carbocycles. The number of nitrogens with one attached hydrogen (secondary N) is 2. The lowest BCUT2D eigenvalue weighted by atomic mass is 10.1. The molecule has 1 aliphatic rings. The van der Waals surface area contributed by atoms with E-state index < -0.39 is 0 Å². The number of hydrogen-bond donors (Lipinski definition) is 2. The predicted molar refractivity (Wildman–Crippen MR) is 79.0 cm³/mol. The highest BCUT2D eigenvalue weighted by molar-refractivity contribution is 5.91. The maximum atomic E-state index is 12.0. The molecule has 1 aromatic rings. The number of carbonyl (C=O) groups excluding carboxylic acids is 3. The first-order chi connectivity index (χ1) is 10.5. The molecule has 2 rings (SSSR count). The van der Waals surface area contributed by atoms with Gasteiger partial charge in [-0.3, -0.25) is 14.4 Å². The Hall–Kier alpha value is -2.31. The van der Waals surface area contributed by atoms with Gasteiger partial charge in [0.1, 0.15) is 0 Å². The lowest BCUT2D eigenvalue weighted by Crippen LogP contribution is -2.39. The van der Waals surface area contributed by atoms with Crippen molar-refractivity contribution in [3.05, 3.63) is 24.2 Å². The lowest BCUT2D eigenvalue weighted by molar-refractivity contribution is -0.129. The molecule has 7 heteroatoms. The van der Waals surface area contributed by atoms with Crippen molar-refractivity contribution in [2.75, 3.05) is 19.6 Å². The average molecular weight is 307 g/mol. The summed E-state index contributed by atoms with van der Waals surface area (Å²) in [6.07, 6.45) is 1.68. The molecule has 1 saturated heterocycles. The van der Waals surface area contributed by atoms with Crippen LogP contribution in [0.15, 0.2) is 22.8 Å². The quantitative estimate of drug-likeness (QED) is 0.743. The van der Waals surface area contributed by atoms with Crippen LogP contribution in [0.2, 0.25) is 0 Å². The van der Waals surface area contributed by atoms with Gasteiger partial charge in [0, 0.05) is 32.1 Å². The van der Waals surface area contributed by atoms with Gasteiger partial charge in [-0.25, -0.2) is 0 Å². The first-order valence-corrected chi connectivity index (χ1v) is 7.38. The molecule has 3 amide bonds. The van der Waals surface area contributed by atoms with E-state index in [-0.39, 0.29) is 41.9 Å². The van der Waals surface area contributed by atoms with Gasteiger partial charge in [0.25, 0.3) is 5.91 Å². The second kappa shape index (κ2) is 7.11. The van der Waals surface area contributed by atoms with Gasteiger partial charge >= 0.3 is 0 Å². The summed E-state index contributed by atoms with van der Waals surface area (Å²) in [6.45, 7) is 4.95. The van der Waals surface area contributed by atoms with Crippen LogP contribution in [0.3, 0.4) is 0 Å². The standard InChI is InChI=1S/C15H21N3O4/c1-10(2)18-9-11(8-13(18)19)14(20)16-5-6-17-15(21)12-4-3-7-22-12/h3-4,7,10-11H,5-6,8-9H2,1-2H3,(H,16,20)(H,17,21). The van der Waals surface area contributed by atoms with E-state index in [1.165, 1.54) is 6.26 Å². The van der Waals surface area contributed by atoms with E-state index in [4.69, 9.17) is 4.42 Å². The highest BCUT2D eigenvalue weighted by Gasteiger charge is 2.35. The Bertz CT molecular complexity index is 539. The number of carbonyl (C=O) groups is 3. The van der Waals surface area contributed by atoms with Crippen LogP contribution in [0.1, 0.15) is 30.8 Å². The van der Waals surface area contributed by atoms with Gasteiger partial charge in [-0.15, -0.1) is 0 Å². The molecular weight excluding hydrogens is 286 g/mol. The Balaban J connectivity index is 1.68. The fraction of sp³-hybridized carbons (Fsp3) is 0.533. The van der Waals surface area contributed by atoms with Crippen molar-refractivity contribution in [1.29, 1.82) is 0 Å². The molecular formula is C15H21N3O4. The summed E-state index contributed by atoms with van der Waals surface area (Å²) in [5.41, 5.74) is 0. The molecule has 1 atom stereocenters. The zero-order chi connectivity index (χ0) is 16.1. The summed E-state index contributed by atoms with van der Waals surface area (Å²) < 4.78 is 4.96. The zero-order valence-electron chi connectivity index (χ0n) is 12.8. The van der Waals surface area contributed by atoms with E-state index in [1.807, 2.05) is 13.8 Å². The molecule has 1 aromatic heterocycles. The van der Waals surface area contributed by atoms with Crippen LogP contribution in [0.5, 0.6) is 0 Å². The van der Waals surface area contributed by atoms with Crippen LogP contribution < -0.4 is 10.6 Å². The number of likely N-dealkylation sites (tertiary alicyclic amines) is 1. The topological polar surface area (TPSA) is 91.7 Å². The van der Waals surface area contributed by atoms with E-state index in [9.17, 15) is 14.4 Å². The van der Waals surface area contributed by atoms with Crippen LogP contribution >= 0.6 is 0 Å². The first kappa shape index (κ1) is 16.1. The van der Waals surface area contributed by atoms with Crippen molar-refractivity contribution in [3.8, 4) is 0 Å². The third-order valence-corrected chi connectivity index (χ3v) is 3.61. The SMILES string of the molecule is CC(C)N1CC(C(=O)NCCNC(=O)c2ccco2)CC1=O. The Kier molecular flexibility index (Phi) is 5.19. The number of nitrogens with zero attached hydrogens (tertiary/aromatic N) is 1. The summed E-state index contributed by atoms with van der Waals surface area (Å²) in [5, 5.41) is 5.38. The van der Waals surface area contributed by atoms with Gasteiger partial charge in [-0.2, -0.15) is 0 Å². The molecule has 1 unspecified atom stereocenters. The van der Waals surface area contributed by atoms with Crippen molar-refractivity contribution >= 4 is 17.7 Å². The Labute approximate surface area is 129 Å². The largest absolute Gasteiger partial charge is 0.459 e. The number of hydrogen-bond acceptors (Lipinski definition) is 4. The summed E-state index contributed by atoms with van der Waals surface area (Å²) >= 11 is 0. The monoisotopic (exact) mass is 307 g/mol. The van der Waals surface area contributed by atoms with Crippen LogP contribution in [-0.2, 0) is 9.59 Å². The molecule has 22 heavy (non-hydrogen) atoms. The highest BCUT2D eigenvalue weighted by Crippen LogP contribution is 2.19. The maximum absolute atomic E-state index is 12.0. The molecule has 1 fully saturated rings. The van der Waals surface area contributed by atoms with E-state index in [0.717, 1.165) is 0 Å². The van der Waals surface area contributed by atoms with Gasteiger partial charge in [0.05, 0.1) is 12.2 Å². The van der Waals surface area contributed by atoms with E-state index >= 15 is 0 Å². The van der Waals surface area contributed by atoms with Crippen molar-refractivity contribution in [2.24, 2.45) is 5.92 Å². The minimum atomic E-state index is -0.318. The molecule has 2 heterocycles. The summed E-state index contributed by atoms with van der Waals surface area (Å²) in [4.78, 5) is 37.1. The van der Waals surface area contributed by atoms with Gasteiger partial charge in [-0.1, -0.05) is 0 Å². The van der Waals surface area contributed by atoms with Gasteiger partial charge in [0.15, 0.2) is 5.76 Å². The molecule has 120 valence electrons. The van der Waals surface area contributed by atoms with Crippen LogP contribution in [0.25, 0.3) is 0 Å². The number of rotatable bonds is 6. The molecule has 1 aliphatic heterocycles. The highest BCUT2D eigenvalue weighted by atomic mass is 16.3. The zero-order valence-corrected chi connectivity index (χ0v) is 12.8. The Morgan fingerprint density at radius 2 is 2.09 bits per heavy atom. The molecule has 7 nitrogen and oxygen atoms in total. The molecule has 2 N–H and O–H groups in total. The van der Waals surface area contributed by atoms with E-state index in [0.29, 0.717) is 19.6 Å². The maximum Gasteiger partial charge on any atom is 0.287 e. The average Bonchev–Trinajstić information content (AvgIpc) is 3.12. The second-order valence-electron chi connectivity index (χ2n) is 5.57. The molecule has 0 spiro atoms. The third kappa shape index (κ3) is 3.87. The minimum Gasteiger partial charge on any atom is -0.459 e. The normalized spacial score (nSPS) is 17.9. The van der Waals surface area contributed by atoms with Gasteiger partial charge in [-0.05, 0) is 26.0 Å². The first-order valence-electron chi connectivity index (χ1n) is 7.38. The fourth-order valence-corrected chi connectivity index (χ4v) is 2.41. The summed E-state index contributed by atoms with van der Waals surface area (Å²) in [6, 6.07) is 3.31. The molecule has 0 aromatic carbocycles. The molecule has 0 aliphatic carbocycles. The van der Waals surface area contributed by atoms with Crippen LogP contribution in [0, 0.1) is 5.92 Å². The van der Waals surface area contributed by atoms with Crippen molar-refractivity contribution < 1.29 is 18.8 Å². The minimum absolute atomic E-state index is 0.0151. The fourth-order valence-electron chi connectivity index (χ4n) is 2.41. The van der Waals surface area contributed by atoms with Crippen molar-refractivity contribution in [2.45, 2.75) is 26.3 Å². The Morgan fingerprint density at radius 1 is 1.36 bits per heavy atom. The van der Waals surface area contributed by atoms with Crippen molar-refractivity contribution in [3.63, 3.8) is 0 Å².